The molecule has 3 aliphatic rings. The van der Waals surface area contributed by atoms with Gasteiger partial charge in [-0.1, -0.05) is 26.0 Å². The Kier molecular flexibility index (Phi) is 8.70. The van der Waals surface area contributed by atoms with Crippen LogP contribution in [0, 0.1) is 5.82 Å². The molecule has 1 aromatic heterocycles. The van der Waals surface area contributed by atoms with Gasteiger partial charge in [-0.25, -0.2) is 9.18 Å². The van der Waals surface area contributed by atoms with Crippen LogP contribution in [-0.2, 0) is 28.4 Å². The van der Waals surface area contributed by atoms with E-state index in [9.17, 15) is 23.9 Å². The summed E-state index contributed by atoms with van der Waals surface area (Å²) in [5, 5.41) is 9.88. The zero-order valence-corrected chi connectivity index (χ0v) is 26.0. The van der Waals surface area contributed by atoms with E-state index in [4.69, 9.17) is 4.74 Å². The van der Waals surface area contributed by atoms with Crippen LogP contribution in [0.4, 0.5) is 14.9 Å². The number of carbonyl (C=O) groups is 2. The molecule has 3 aliphatic heterocycles. The molecular weight excluding hydrogens is 553 g/mol. The van der Waals surface area contributed by atoms with Gasteiger partial charge in [-0.3, -0.25) is 19.4 Å². The summed E-state index contributed by atoms with van der Waals surface area (Å²) in [6, 6.07) is 7.70. The Hall–Kier alpha value is -3.28. The van der Waals surface area contributed by atoms with Gasteiger partial charge >= 0.3 is 6.09 Å². The molecule has 5 rings (SSSR count). The second kappa shape index (κ2) is 12.0. The summed E-state index contributed by atoms with van der Waals surface area (Å²) >= 11 is 0. The summed E-state index contributed by atoms with van der Waals surface area (Å²) in [7, 11) is 1.75. The van der Waals surface area contributed by atoms with Crippen molar-refractivity contribution in [3.8, 4) is 0 Å². The lowest BCUT2D eigenvalue weighted by atomic mass is 9.90. The average molecular weight is 598 g/mol. The molecule has 0 unspecified atom stereocenters. The summed E-state index contributed by atoms with van der Waals surface area (Å²) in [6.07, 6.45) is -0.532. The number of morpholine rings is 1. The summed E-state index contributed by atoms with van der Waals surface area (Å²) < 4.78 is 21.0. The number of piperazine rings is 1. The Morgan fingerprint density at radius 3 is 2.42 bits per heavy atom. The normalized spacial score (nSPS) is 26.0. The largest absolute Gasteiger partial charge is 0.465 e. The van der Waals surface area contributed by atoms with Crippen molar-refractivity contribution in [1.29, 1.82) is 0 Å². The van der Waals surface area contributed by atoms with E-state index >= 15 is 0 Å². The predicted molar refractivity (Wildman–Crippen MR) is 162 cm³/mol. The molecule has 1 aromatic carbocycles. The maximum Gasteiger partial charge on any atom is 0.407 e. The molecule has 4 atom stereocenters. The van der Waals surface area contributed by atoms with Crippen LogP contribution in [0.25, 0.3) is 0 Å². The third kappa shape index (κ3) is 6.34. The number of ether oxygens (including phenoxy) is 1. The zero-order valence-electron chi connectivity index (χ0n) is 26.0. The molecule has 11 heteroatoms. The van der Waals surface area contributed by atoms with E-state index in [-0.39, 0.29) is 48.1 Å². The fraction of sp³-hybridized carbons (Fsp3) is 0.594. The number of nitrogens with zero attached hydrogens (tertiary/aromatic N) is 5. The van der Waals surface area contributed by atoms with E-state index in [1.54, 1.807) is 28.6 Å². The maximum atomic E-state index is 14.1. The van der Waals surface area contributed by atoms with Crippen molar-refractivity contribution >= 4 is 17.7 Å². The van der Waals surface area contributed by atoms with Crippen LogP contribution in [0.2, 0.25) is 0 Å². The lowest BCUT2D eigenvalue weighted by Crippen LogP contribution is -2.64. The molecule has 1 N–H and O–H groups in total. The molecule has 0 aliphatic carbocycles. The number of halogens is 1. The number of aromatic nitrogens is 1. The van der Waals surface area contributed by atoms with Gasteiger partial charge in [0.25, 0.3) is 5.56 Å². The fourth-order valence-electron chi connectivity index (χ4n) is 7.02. The molecule has 2 fully saturated rings. The highest BCUT2D eigenvalue weighted by Gasteiger charge is 2.43. The molecule has 0 radical (unpaired) electrons. The van der Waals surface area contributed by atoms with E-state index in [0.717, 1.165) is 23.5 Å². The highest BCUT2D eigenvalue weighted by atomic mass is 19.1. The number of anilines is 1. The standard InChI is InChI=1S/C32H44FN5O5/c1-20-13-36(26(16-37(20)31(41)42)15-35-14-22(3)43-18-21(35)2)17-28(39)38-19-32(4,5)29-27(38)12-24(30(40)34(29)6)11-23-7-9-25(33)10-8-23/h7-10,12,20-22,26H,11,13-19H2,1-6H3,(H,41,42)/t20-,21-,22+,26+/m1/s1. The lowest BCUT2D eigenvalue weighted by Gasteiger charge is -2.47. The molecule has 2 aromatic rings. The average Bonchev–Trinajstić information content (AvgIpc) is 3.21. The first-order valence-corrected chi connectivity index (χ1v) is 15.1. The number of benzene rings is 1. The van der Waals surface area contributed by atoms with Gasteiger partial charge in [-0.15, -0.1) is 0 Å². The smallest absolute Gasteiger partial charge is 0.407 e. The molecule has 0 bridgehead atoms. The minimum Gasteiger partial charge on any atom is -0.465 e. The number of rotatable bonds is 6. The summed E-state index contributed by atoms with van der Waals surface area (Å²) in [4.78, 5) is 47.3. The fourth-order valence-corrected chi connectivity index (χ4v) is 7.02. The van der Waals surface area contributed by atoms with E-state index in [0.29, 0.717) is 44.8 Å². The Morgan fingerprint density at radius 1 is 1.05 bits per heavy atom. The van der Waals surface area contributed by atoms with Crippen LogP contribution in [0.1, 0.15) is 51.4 Å². The second-order valence-electron chi connectivity index (χ2n) is 13.2. The van der Waals surface area contributed by atoms with Crippen molar-refractivity contribution in [1.82, 2.24) is 19.3 Å². The van der Waals surface area contributed by atoms with Gasteiger partial charge in [0.15, 0.2) is 0 Å². The van der Waals surface area contributed by atoms with Crippen molar-refractivity contribution in [3.63, 3.8) is 0 Å². The Balaban J connectivity index is 1.42. The SMILES string of the molecule is C[C@@H]1CO[C@@H](C)CN1C[C@H]1CN(C(=O)O)[C@H](C)CN1CC(=O)N1CC(C)(C)c2c1cc(Cc1ccc(F)cc1)c(=O)n2C. The zero-order chi connectivity index (χ0) is 31.2. The van der Waals surface area contributed by atoms with Gasteiger partial charge < -0.3 is 24.2 Å². The van der Waals surface area contributed by atoms with Crippen molar-refractivity contribution in [2.75, 3.05) is 50.8 Å². The van der Waals surface area contributed by atoms with Crippen molar-refractivity contribution in [2.45, 2.75) is 70.7 Å². The molecule has 4 heterocycles. The first-order chi connectivity index (χ1) is 20.2. The highest BCUT2D eigenvalue weighted by molar-refractivity contribution is 5.97. The van der Waals surface area contributed by atoms with Crippen LogP contribution in [0.3, 0.4) is 0 Å². The Labute approximate surface area is 252 Å². The van der Waals surface area contributed by atoms with Crippen LogP contribution in [0.15, 0.2) is 35.1 Å². The predicted octanol–water partition coefficient (Wildman–Crippen LogP) is 2.90. The molecule has 2 amide bonds. The molecule has 10 nitrogen and oxygen atoms in total. The minimum absolute atomic E-state index is 0.0809. The molecule has 0 spiro atoms. The number of amides is 2. The number of carboxylic acid groups (broad SMARTS) is 1. The van der Waals surface area contributed by atoms with Gasteiger partial charge in [-0.2, -0.15) is 0 Å². The van der Waals surface area contributed by atoms with Gasteiger partial charge in [-0.05, 0) is 44.5 Å². The monoisotopic (exact) mass is 597 g/mol. The van der Waals surface area contributed by atoms with Crippen LogP contribution < -0.4 is 10.5 Å². The van der Waals surface area contributed by atoms with E-state index < -0.39 is 11.5 Å². The molecule has 2 saturated heterocycles. The van der Waals surface area contributed by atoms with Crippen LogP contribution >= 0.6 is 0 Å². The van der Waals surface area contributed by atoms with Crippen LogP contribution in [0.5, 0.6) is 0 Å². The molecular formula is C32H44FN5O5. The Bertz CT molecular complexity index is 1430. The molecule has 234 valence electrons. The van der Waals surface area contributed by atoms with Crippen LogP contribution in [-0.4, -0.2) is 106 Å². The first-order valence-electron chi connectivity index (χ1n) is 15.1. The van der Waals surface area contributed by atoms with E-state index in [2.05, 4.69) is 16.7 Å². The van der Waals surface area contributed by atoms with Crippen molar-refractivity contribution in [3.05, 3.63) is 63.3 Å². The lowest BCUT2D eigenvalue weighted by molar-refractivity contribution is -0.122. The number of carbonyl (C=O) groups excluding carboxylic acids is 1. The first kappa shape index (κ1) is 31.2. The second-order valence-corrected chi connectivity index (χ2v) is 13.2. The van der Waals surface area contributed by atoms with E-state index in [1.807, 2.05) is 33.8 Å². The minimum atomic E-state index is -0.948. The van der Waals surface area contributed by atoms with E-state index in [1.165, 1.54) is 17.0 Å². The summed E-state index contributed by atoms with van der Waals surface area (Å²) in [5.41, 5.74) is 2.32. The van der Waals surface area contributed by atoms with Crippen molar-refractivity contribution < 1.29 is 23.8 Å². The topological polar surface area (TPSA) is 98.6 Å². The van der Waals surface area contributed by atoms with Crippen molar-refractivity contribution in [2.24, 2.45) is 7.05 Å². The highest BCUT2D eigenvalue weighted by Crippen LogP contribution is 2.40. The van der Waals surface area contributed by atoms with Gasteiger partial charge in [0.05, 0.1) is 30.6 Å². The number of hydrogen-bond donors (Lipinski definition) is 1. The quantitative estimate of drug-likeness (QED) is 0.547. The molecule has 0 saturated carbocycles. The summed E-state index contributed by atoms with van der Waals surface area (Å²) in [5.74, 6) is -0.416. The maximum absolute atomic E-state index is 14.1. The summed E-state index contributed by atoms with van der Waals surface area (Å²) in [6.45, 7) is 13.4. The third-order valence-electron chi connectivity index (χ3n) is 9.28. The molecule has 43 heavy (non-hydrogen) atoms. The number of fused-ring (bicyclic) bond motifs is 1. The Morgan fingerprint density at radius 2 is 1.74 bits per heavy atom. The van der Waals surface area contributed by atoms with Gasteiger partial charge in [0, 0.05) is 75.3 Å². The van der Waals surface area contributed by atoms with Gasteiger partial charge in [0.2, 0.25) is 5.91 Å². The number of hydrogen-bond acceptors (Lipinski definition) is 6. The third-order valence-corrected chi connectivity index (χ3v) is 9.28. The van der Waals surface area contributed by atoms with Gasteiger partial charge in [0.1, 0.15) is 5.82 Å². The number of pyridine rings is 1.